The molecule has 0 aliphatic heterocycles. The average Bonchev–Trinajstić information content (AvgIpc) is 3.05. The minimum absolute atomic E-state index is 0.0899. The van der Waals surface area contributed by atoms with Gasteiger partial charge < -0.3 is 10.3 Å². The van der Waals surface area contributed by atoms with Crippen LogP contribution in [0.4, 0.5) is 0 Å². The molecule has 0 saturated heterocycles. The van der Waals surface area contributed by atoms with Gasteiger partial charge >= 0.3 is 0 Å². The van der Waals surface area contributed by atoms with Gasteiger partial charge in [-0.25, -0.2) is 0 Å². The van der Waals surface area contributed by atoms with Crippen LogP contribution >= 0.6 is 11.8 Å². The molecule has 28 heavy (non-hydrogen) atoms. The largest absolute Gasteiger partial charge is 0.350 e. The molecule has 0 bridgehead atoms. The number of amides is 1. The third-order valence-corrected chi connectivity index (χ3v) is 5.81. The number of rotatable bonds is 5. The van der Waals surface area contributed by atoms with E-state index in [0.717, 1.165) is 31.8 Å². The van der Waals surface area contributed by atoms with Crippen molar-refractivity contribution in [3.05, 3.63) is 95.2 Å². The Morgan fingerprint density at radius 1 is 0.929 bits per heavy atom. The molecule has 4 aromatic rings. The number of aromatic nitrogens is 1. The zero-order valence-electron chi connectivity index (χ0n) is 16.0. The third kappa shape index (κ3) is 3.97. The molecule has 0 aliphatic rings. The molecule has 0 atom stereocenters. The number of hydrogen-bond acceptors (Lipinski definition) is 2. The fraction of sp³-hybridized carbons (Fsp3) is 0.125. The van der Waals surface area contributed by atoms with Crippen molar-refractivity contribution in [2.75, 3.05) is 0 Å². The van der Waals surface area contributed by atoms with Gasteiger partial charge in [-0.2, -0.15) is 0 Å². The molecule has 0 radical (unpaired) electrons. The topological polar surface area (TPSA) is 44.9 Å². The van der Waals surface area contributed by atoms with E-state index < -0.39 is 0 Å². The first-order chi connectivity index (χ1) is 13.6. The van der Waals surface area contributed by atoms with Crippen molar-refractivity contribution in [1.29, 1.82) is 0 Å². The number of benzene rings is 3. The lowest BCUT2D eigenvalue weighted by Crippen LogP contribution is -2.23. The summed E-state index contributed by atoms with van der Waals surface area (Å²) in [5.74, 6) is -0.0899. The molecule has 2 N–H and O–H groups in total. The Bertz CT molecular complexity index is 1110. The third-order valence-electron chi connectivity index (χ3n) is 4.67. The van der Waals surface area contributed by atoms with Gasteiger partial charge in [0.05, 0.1) is 4.90 Å². The normalized spacial score (nSPS) is 10.9. The van der Waals surface area contributed by atoms with Crippen LogP contribution in [0.25, 0.3) is 10.9 Å². The molecule has 4 heteroatoms. The molecule has 0 aliphatic carbocycles. The number of nitrogens with one attached hydrogen (secondary N) is 2. The molecule has 3 aromatic carbocycles. The number of aryl methyl sites for hydroxylation is 2. The van der Waals surface area contributed by atoms with E-state index in [1.807, 2.05) is 30.3 Å². The van der Waals surface area contributed by atoms with E-state index in [4.69, 9.17) is 0 Å². The van der Waals surface area contributed by atoms with Crippen molar-refractivity contribution in [3.63, 3.8) is 0 Å². The summed E-state index contributed by atoms with van der Waals surface area (Å²) in [5.41, 5.74) is 5.06. The lowest BCUT2D eigenvalue weighted by atomic mass is 10.1. The molecule has 1 aromatic heterocycles. The molecule has 4 rings (SSSR count). The second-order valence-corrected chi connectivity index (χ2v) is 8.05. The second kappa shape index (κ2) is 7.95. The van der Waals surface area contributed by atoms with Gasteiger partial charge in [-0.05, 0) is 43.2 Å². The van der Waals surface area contributed by atoms with Gasteiger partial charge in [-0.15, -0.1) is 0 Å². The molecule has 140 valence electrons. The summed E-state index contributed by atoms with van der Waals surface area (Å²) in [6, 6.07) is 24.6. The fourth-order valence-electron chi connectivity index (χ4n) is 3.13. The maximum Gasteiger partial charge on any atom is 0.269 e. The molecule has 3 nitrogen and oxygen atoms in total. The van der Waals surface area contributed by atoms with E-state index in [0.29, 0.717) is 12.2 Å². The maximum atomic E-state index is 13.0. The summed E-state index contributed by atoms with van der Waals surface area (Å²) in [4.78, 5) is 18.4. The van der Waals surface area contributed by atoms with Crippen LogP contribution in [0.2, 0.25) is 0 Å². The van der Waals surface area contributed by atoms with Gasteiger partial charge in [-0.1, -0.05) is 71.9 Å². The van der Waals surface area contributed by atoms with Crippen LogP contribution in [0.3, 0.4) is 0 Å². The van der Waals surface area contributed by atoms with E-state index in [2.05, 4.69) is 66.6 Å². The number of hydrogen-bond donors (Lipinski definition) is 2. The van der Waals surface area contributed by atoms with Crippen molar-refractivity contribution in [1.82, 2.24) is 10.3 Å². The summed E-state index contributed by atoms with van der Waals surface area (Å²) in [7, 11) is 0. The van der Waals surface area contributed by atoms with Crippen molar-refractivity contribution in [2.24, 2.45) is 0 Å². The lowest BCUT2D eigenvalue weighted by molar-refractivity contribution is 0.0944. The molecular formula is C24H22N2OS. The van der Waals surface area contributed by atoms with E-state index in [9.17, 15) is 4.79 Å². The Morgan fingerprint density at radius 2 is 1.64 bits per heavy atom. The second-order valence-electron chi connectivity index (χ2n) is 6.96. The zero-order chi connectivity index (χ0) is 19.5. The maximum absolute atomic E-state index is 13.0. The Balaban J connectivity index is 1.65. The Labute approximate surface area is 169 Å². The highest BCUT2D eigenvalue weighted by molar-refractivity contribution is 7.99. The van der Waals surface area contributed by atoms with Crippen LogP contribution in [0, 0.1) is 13.8 Å². The van der Waals surface area contributed by atoms with Gasteiger partial charge in [0, 0.05) is 22.3 Å². The van der Waals surface area contributed by atoms with Crippen LogP contribution in [-0.4, -0.2) is 10.9 Å². The fourth-order valence-corrected chi connectivity index (χ4v) is 4.20. The zero-order valence-corrected chi connectivity index (χ0v) is 16.8. The summed E-state index contributed by atoms with van der Waals surface area (Å²) >= 11 is 1.62. The number of fused-ring (bicyclic) bond motifs is 1. The molecule has 1 amide bonds. The van der Waals surface area contributed by atoms with Crippen LogP contribution < -0.4 is 5.32 Å². The van der Waals surface area contributed by atoms with Crippen molar-refractivity contribution in [2.45, 2.75) is 30.2 Å². The molecule has 0 fully saturated rings. The lowest BCUT2D eigenvalue weighted by Gasteiger charge is -2.07. The van der Waals surface area contributed by atoms with E-state index in [-0.39, 0.29) is 5.91 Å². The minimum atomic E-state index is -0.0899. The van der Waals surface area contributed by atoms with Crippen LogP contribution in [0.1, 0.15) is 27.2 Å². The molecule has 0 spiro atoms. The number of carbonyl (C=O) groups excluding carboxylic acids is 1. The Hall–Kier alpha value is -2.98. The summed E-state index contributed by atoms with van der Waals surface area (Å²) < 4.78 is 0. The van der Waals surface area contributed by atoms with Crippen LogP contribution in [0.5, 0.6) is 0 Å². The predicted octanol–water partition coefficient (Wildman–Crippen LogP) is 5.87. The predicted molar refractivity (Wildman–Crippen MR) is 116 cm³/mol. The quantitative estimate of drug-likeness (QED) is 0.451. The highest BCUT2D eigenvalue weighted by Crippen LogP contribution is 2.37. The first-order valence-electron chi connectivity index (χ1n) is 9.29. The van der Waals surface area contributed by atoms with E-state index >= 15 is 0 Å². The Morgan fingerprint density at radius 3 is 2.39 bits per heavy atom. The van der Waals surface area contributed by atoms with Gasteiger partial charge in [0.1, 0.15) is 5.69 Å². The van der Waals surface area contributed by atoms with Gasteiger partial charge in [-0.3, -0.25) is 4.79 Å². The van der Waals surface area contributed by atoms with Crippen molar-refractivity contribution < 1.29 is 4.79 Å². The standard InChI is InChI=1S/C24H22N2OS/c1-16-8-11-18(12-9-16)15-25-24(27)22-23(28-19-6-4-3-5-7-19)20-13-10-17(2)14-21(20)26-22/h3-14,26H,15H2,1-2H3,(H,25,27). The van der Waals surface area contributed by atoms with Crippen molar-refractivity contribution >= 4 is 28.6 Å². The van der Waals surface area contributed by atoms with Crippen LogP contribution in [-0.2, 0) is 6.54 Å². The van der Waals surface area contributed by atoms with Gasteiger partial charge in [0.2, 0.25) is 0 Å². The molecule has 0 saturated carbocycles. The monoisotopic (exact) mass is 386 g/mol. The highest BCUT2D eigenvalue weighted by atomic mass is 32.2. The number of H-pyrrole nitrogens is 1. The number of carbonyl (C=O) groups is 1. The van der Waals surface area contributed by atoms with Crippen LogP contribution in [0.15, 0.2) is 82.6 Å². The van der Waals surface area contributed by atoms with E-state index in [1.165, 1.54) is 5.56 Å². The highest BCUT2D eigenvalue weighted by Gasteiger charge is 2.19. The summed E-state index contributed by atoms with van der Waals surface area (Å²) in [5, 5.41) is 4.12. The molecule has 0 unspecified atom stereocenters. The van der Waals surface area contributed by atoms with Gasteiger partial charge in [0.25, 0.3) is 5.91 Å². The minimum Gasteiger partial charge on any atom is -0.350 e. The molecular weight excluding hydrogens is 364 g/mol. The Kier molecular flexibility index (Phi) is 5.22. The number of aromatic amines is 1. The first kappa shape index (κ1) is 18.4. The smallest absolute Gasteiger partial charge is 0.269 e. The average molecular weight is 387 g/mol. The first-order valence-corrected chi connectivity index (χ1v) is 10.1. The summed E-state index contributed by atoms with van der Waals surface area (Å²) in [6.45, 7) is 4.62. The summed E-state index contributed by atoms with van der Waals surface area (Å²) in [6.07, 6.45) is 0. The van der Waals surface area contributed by atoms with Gasteiger partial charge in [0.15, 0.2) is 0 Å². The molecule has 1 heterocycles. The van der Waals surface area contributed by atoms with Crippen molar-refractivity contribution in [3.8, 4) is 0 Å². The van der Waals surface area contributed by atoms with E-state index in [1.54, 1.807) is 11.8 Å². The SMILES string of the molecule is Cc1ccc(CNC(=O)c2[nH]c3cc(C)ccc3c2Sc2ccccc2)cc1.